The molecule has 0 bridgehead atoms. The first-order chi connectivity index (χ1) is 21.5. The summed E-state index contributed by atoms with van der Waals surface area (Å²) < 4.78 is 0. The second-order valence-electron chi connectivity index (χ2n) is 15.3. The van der Waals surface area contributed by atoms with Crippen LogP contribution in [-0.2, 0) is 13.1 Å². The van der Waals surface area contributed by atoms with Crippen molar-refractivity contribution < 1.29 is 15.3 Å². The summed E-state index contributed by atoms with van der Waals surface area (Å²) in [5, 5.41) is 33.4. The van der Waals surface area contributed by atoms with Gasteiger partial charge in [-0.15, -0.1) is 0 Å². The molecule has 0 unspecified atom stereocenters. The number of fused-ring (bicyclic) bond motifs is 1. The molecule has 244 valence electrons. The predicted molar refractivity (Wildman–Crippen MR) is 185 cm³/mol. The van der Waals surface area contributed by atoms with E-state index in [1.165, 1.54) is 37.7 Å². The SMILES string of the molecule is C=C1/C(=C\C=C2/CCC[C@]3(C)[C@@H]([C@H](C)CCCC(C)(C)O)CC[C@@H]23)C[C@@H](O)[C@H](N(Cc2ccccc2)Cc2ccccc2)[C@@H]1O. The van der Waals surface area contributed by atoms with Crippen LogP contribution in [0.4, 0.5) is 0 Å². The van der Waals surface area contributed by atoms with Crippen LogP contribution in [0.1, 0.15) is 96.6 Å². The lowest BCUT2D eigenvalue weighted by Gasteiger charge is -2.44. The summed E-state index contributed by atoms with van der Waals surface area (Å²) in [5.74, 6) is 1.97. The van der Waals surface area contributed by atoms with Crippen molar-refractivity contribution >= 4 is 0 Å². The van der Waals surface area contributed by atoms with Crippen LogP contribution in [0.5, 0.6) is 0 Å². The van der Waals surface area contributed by atoms with Crippen molar-refractivity contribution in [2.75, 3.05) is 0 Å². The van der Waals surface area contributed by atoms with Gasteiger partial charge >= 0.3 is 0 Å². The first-order valence-electron chi connectivity index (χ1n) is 17.5. The fraction of sp³-hybridized carbons (Fsp3) is 0.561. The van der Waals surface area contributed by atoms with Gasteiger partial charge in [0.05, 0.1) is 23.9 Å². The third-order valence-corrected chi connectivity index (χ3v) is 11.5. The van der Waals surface area contributed by atoms with Crippen molar-refractivity contribution in [1.82, 2.24) is 4.90 Å². The number of nitrogens with zero attached hydrogens (tertiary/aromatic N) is 1. The molecular formula is C41H57NO3. The van der Waals surface area contributed by atoms with Crippen molar-refractivity contribution in [2.24, 2.45) is 23.2 Å². The molecule has 3 saturated carbocycles. The maximum absolute atomic E-state index is 11.7. The number of benzene rings is 2. The fourth-order valence-corrected chi connectivity index (χ4v) is 9.08. The smallest absolute Gasteiger partial charge is 0.0967 e. The average molecular weight is 612 g/mol. The molecule has 5 rings (SSSR count). The number of allylic oxidation sites excluding steroid dienone is 3. The maximum atomic E-state index is 11.7. The highest BCUT2D eigenvalue weighted by Crippen LogP contribution is 2.60. The Labute approximate surface area is 272 Å². The third kappa shape index (κ3) is 8.08. The first kappa shape index (κ1) is 33.9. The molecule has 45 heavy (non-hydrogen) atoms. The molecular weight excluding hydrogens is 554 g/mol. The second kappa shape index (κ2) is 14.5. The Kier molecular flexibility index (Phi) is 10.9. The lowest BCUT2D eigenvalue weighted by atomic mass is 9.60. The van der Waals surface area contributed by atoms with E-state index in [0.29, 0.717) is 36.8 Å². The van der Waals surface area contributed by atoms with Crippen molar-refractivity contribution in [3.8, 4) is 0 Å². The predicted octanol–water partition coefficient (Wildman–Crippen LogP) is 8.39. The molecule has 4 heteroatoms. The standard InChI is InChI=1S/C41H57NO3/c1-29(14-12-24-40(3,4)45)35-22-23-36-33(19-13-25-41(35,36)5)20-21-34-26-37(43)38(39(44)30(34)2)42(27-31-15-8-6-9-16-31)28-32-17-10-7-11-18-32/h6-11,15-18,20-21,29,35-39,43-45H,2,12-14,19,22-28H2,1,3-5H3/b33-20+,34-21-/t29-,35-,36+,37-,38+,39-,41-/m1/s1. The molecule has 0 aliphatic heterocycles. The molecule has 2 aromatic carbocycles. The molecule has 0 heterocycles. The highest BCUT2D eigenvalue weighted by molar-refractivity contribution is 5.41. The van der Waals surface area contributed by atoms with Crippen LogP contribution in [0, 0.1) is 23.2 Å². The van der Waals surface area contributed by atoms with Gasteiger partial charge in [0, 0.05) is 19.5 Å². The van der Waals surface area contributed by atoms with E-state index >= 15 is 0 Å². The maximum Gasteiger partial charge on any atom is 0.0967 e. The lowest BCUT2D eigenvalue weighted by Crippen LogP contribution is -2.53. The highest BCUT2D eigenvalue weighted by atomic mass is 16.3. The van der Waals surface area contributed by atoms with E-state index in [1.54, 1.807) is 0 Å². The largest absolute Gasteiger partial charge is 0.391 e. The highest BCUT2D eigenvalue weighted by Gasteiger charge is 2.50. The number of hydrogen-bond acceptors (Lipinski definition) is 4. The normalized spacial score (nSPS) is 31.5. The third-order valence-electron chi connectivity index (χ3n) is 11.5. The number of aliphatic hydroxyl groups excluding tert-OH is 2. The van der Waals surface area contributed by atoms with E-state index in [4.69, 9.17) is 0 Å². The van der Waals surface area contributed by atoms with Gasteiger partial charge in [-0.05, 0) is 97.8 Å². The average Bonchev–Trinajstić information content (AvgIpc) is 3.36. The van der Waals surface area contributed by atoms with Gasteiger partial charge in [-0.25, -0.2) is 0 Å². The quantitative estimate of drug-likeness (QED) is 0.239. The minimum Gasteiger partial charge on any atom is -0.391 e. The summed E-state index contributed by atoms with van der Waals surface area (Å²) in [6, 6.07) is 20.2. The van der Waals surface area contributed by atoms with Gasteiger partial charge in [-0.3, -0.25) is 4.90 Å². The van der Waals surface area contributed by atoms with Crippen LogP contribution >= 0.6 is 0 Å². The van der Waals surface area contributed by atoms with E-state index in [2.05, 4.69) is 61.7 Å². The van der Waals surface area contributed by atoms with E-state index < -0.39 is 23.9 Å². The summed E-state index contributed by atoms with van der Waals surface area (Å²) in [4.78, 5) is 2.22. The van der Waals surface area contributed by atoms with Gasteiger partial charge in [-0.2, -0.15) is 0 Å². The minimum atomic E-state index is -0.844. The molecule has 4 nitrogen and oxygen atoms in total. The molecule has 7 atom stereocenters. The Balaban J connectivity index is 1.30. The lowest BCUT2D eigenvalue weighted by molar-refractivity contribution is -0.0309. The van der Waals surface area contributed by atoms with Crippen molar-refractivity contribution in [3.05, 3.63) is 107 Å². The zero-order valence-corrected chi connectivity index (χ0v) is 28.2. The van der Waals surface area contributed by atoms with E-state index in [1.807, 2.05) is 50.2 Å². The molecule has 0 spiro atoms. The van der Waals surface area contributed by atoms with Crippen LogP contribution in [0.15, 0.2) is 96.1 Å². The monoisotopic (exact) mass is 611 g/mol. The Morgan fingerprint density at radius 1 is 0.978 bits per heavy atom. The van der Waals surface area contributed by atoms with Crippen LogP contribution in [-0.4, -0.2) is 44.1 Å². The van der Waals surface area contributed by atoms with Crippen LogP contribution in [0.3, 0.4) is 0 Å². The fourth-order valence-electron chi connectivity index (χ4n) is 9.08. The summed E-state index contributed by atoms with van der Waals surface area (Å²) in [7, 11) is 0. The van der Waals surface area contributed by atoms with Gasteiger partial charge in [0.1, 0.15) is 0 Å². The van der Waals surface area contributed by atoms with Crippen molar-refractivity contribution in [2.45, 2.75) is 122 Å². The second-order valence-corrected chi connectivity index (χ2v) is 15.3. The first-order valence-corrected chi connectivity index (χ1v) is 17.5. The Bertz CT molecular complexity index is 1280. The van der Waals surface area contributed by atoms with Crippen LogP contribution in [0.25, 0.3) is 0 Å². The Morgan fingerprint density at radius 2 is 1.60 bits per heavy atom. The van der Waals surface area contributed by atoms with E-state index in [0.717, 1.165) is 47.5 Å². The Morgan fingerprint density at radius 3 is 2.20 bits per heavy atom. The van der Waals surface area contributed by atoms with Gasteiger partial charge in [-0.1, -0.05) is 112 Å². The van der Waals surface area contributed by atoms with E-state index in [9.17, 15) is 15.3 Å². The van der Waals surface area contributed by atoms with Crippen LogP contribution in [0.2, 0.25) is 0 Å². The van der Waals surface area contributed by atoms with Crippen LogP contribution < -0.4 is 0 Å². The number of hydrogen-bond donors (Lipinski definition) is 3. The molecule has 3 fully saturated rings. The summed E-state index contributed by atoms with van der Waals surface area (Å²) in [6.45, 7) is 14.5. The molecule has 0 radical (unpaired) electrons. The topological polar surface area (TPSA) is 63.9 Å². The zero-order chi connectivity index (χ0) is 32.2. The summed E-state index contributed by atoms with van der Waals surface area (Å²) >= 11 is 0. The van der Waals surface area contributed by atoms with Gasteiger partial charge in [0.2, 0.25) is 0 Å². The van der Waals surface area contributed by atoms with Crippen molar-refractivity contribution in [3.63, 3.8) is 0 Å². The van der Waals surface area contributed by atoms with Gasteiger partial charge < -0.3 is 15.3 Å². The van der Waals surface area contributed by atoms with Crippen molar-refractivity contribution in [1.29, 1.82) is 0 Å². The molecule has 0 amide bonds. The molecule has 3 aliphatic carbocycles. The zero-order valence-electron chi connectivity index (χ0n) is 28.2. The molecule has 3 N–H and O–H groups in total. The molecule has 3 aliphatic rings. The number of rotatable bonds is 11. The minimum absolute atomic E-state index is 0.319. The number of aliphatic hydroxyl groups is 3. The van der Waals surface area contributed by atoms with E-state index in [-0.39, 0.29) is 0 Å². The Hall–Kier alpha value is -2.50. The molecule has 0 saturated heterocycles. The molecule has 2 aromatic rings. The van der Waals surface area contributed by atoms with Gasteiger partial charge in [0.15, 0.2) is 0 Å². The summed E-state index contributed by atoms with van der Waals surface area (Å²) in [6.07, 6.45) is 12.7. The van der Waals surface area contributed by atoms with Gasteiger partial charge in [0.25, 0.3) is 0 Å². The summed E-state index contributed by atoms with van der Waals surface area (Å²) in [5.41, 5.74) is 5.30. The molecule has 0 aromatic heterocycles.